The summed E-state index contributed by atoms with van der Waals surface area (Å²) in [7, 11) is 0. The molecule has 0 atom stereocenters. The van der Waals surface area contributed by atoms with E-state index in [4.69, 9.17) is 0 Å². The molecule has 3 rings (SSSR count). The first kappa shape index (κ1) is 9.88. The first-order chi connectivity index (χ1) is 7.40. The Morgan fingerprint density at radius 2 is 1.60 bits per heavy atom. The predicted molar refractivity (Wildman–Crippen MR) is 59.4 cm³/mol. The molecule has 2 aliphatic carbocycles. The summed E-state index contributed by atoms with van der Waals surface area (Å²) < 4.78 is 3.94. The minimum atomic E-state index is 0.0841. The van der Waals surface area contributed by atoms with Gasteiger partial charge in [-0.3, -0.25) is 0 Å². The van der Waals surface area contributed by atoms with Crippen molar-refractivity contribution < 1.29 is 21.2 Å². The molecule has 0 N–H and O–H groups in total. The van der Waals surface area contributed by atoms with Crippen LogP contribution in [0.3, 0.4) is 0 Å². The average molecular weight is 311 g/mol. The summed E-state index contributed by atoms with van der Waals surface area (Å²) in [4.78, 5) is 0. The Labute approximate surface area is 102 Å². The van der Waals surface area contributed by atoms with Crippen molar-refractivity contribution in [2.75, 3.05) is 0 Å². The van der Waals surface area contributed by atoms with Crippen molar-refractivity contribution in [3.05, 3.63) is 42.6 Å². The fraction of sp³-hybridized carbons (Fsp3) is 0.429. The Balaban J connectivity index is 2.19. The van der Waals surface area contributed by atoms with Crippen LogP contribution in [0.1, 0.15) is 35.1 Å². The van der Waals surface area contributed by atoms with E-state index < -0.39 is 0 Å². The van der Waals surface area contributed by atoms with Crippen LogP contribution in [0.15, 0.2) is 16.7 Å². The molecule has 0 saturated carbocycles. The van der Waals surface area contributed by atoms with Gasteiger partial charge in [0.15, 0.2) is 0 Å². The fourth-order valence-electron chi connectivity index (χ4n) is 2.96. The molecule has 2 aliphatic rings. The molecule has 0 bridgehead atoms. The van der Waals surface area contributed by atoms with Gasteiger partial charge in [0.1, 0.15) is 0 Å². The van der Waals surface area contributed by atoms with Gasteiger partial charge in [0.05, 0.1) is 0 Å². The van der Waals surface area contributed by atoms with Crippen LogP contribution in [0.4, 0.5) is 0 Å². The minimum absolute atomic E-state index is 0.0841. The Morgan fingerprint density at radius 3 is 2.13 bits per heavy atom. The van der Waals surface area contributed by atoms with Gasteiger partial charge in [0.25, 0.3) is 0 Å². The van der Waals surface area contributed by atoms with Gasteiger partial charge in [-0.05, 0) is 0 Å². The third kappa shape index (κ3) is 1.55. The van der Waals surface area contributed by atoms with E-state index in [0.29, 0.717) is 0 Å². The van der Waals surface area contributed by atoms with Crippen molar-refractivity contribution in [1.82, 2.24) is 0 Å². The van der Waals surface area contributed by atoms with Crippen molar-refractivity contribution >= 4 is 0 Å². The van der Waals surface area contributed by atoms with Gasteiger partial charge in [-0.25, -0.2) is 0 Å². The standard InChI is InChI=1S/C14H16I/c1-2-15-14-12-7-3-5-10(12)9-11-6-4-8-13(11)14/h2,9H,1,3-8H2/q-1. The van der Waals surface area contributed by atoms with Crippen molar-refractivity contribution in [2.24, 2.45) is 0 Å². The Morgan fingerprint density at radius 1 is 1.00 bits per heavy atom. The topological polar surface area (TPSA) is 0 Å². The summed E-state index contributed by atoms with van der Waals surface area (Å²) in [5.74, 6) is 0. The van der Waals surface area contributed by atoms with Crippen LogP contribution in [0, 0.1) is 3.57 Å². The van der Waals surface area contributed by atoms with Crippen molar-refractivity contribution in [3.8, 4) is 0 Å². The van der Waals surface area contributed by atoms with E-state index in [1.807, 2.05) is 0 Å². The van der Waals surface area contributed by atoms with E-state index in [1.165, 1.54) is 38.5 Å². The molecule has 1 aromatic carbocycles. The van der Waals surface area contributed by atoms with E-state index in [0.717, 1.165) is 0 Å². The second kappa shape index (κ2) is 3.93. The van der Waals surface area contributed by atoms with Crippen LogP contribution >= 0.6 is 0 Å². The molecule has 0 unspecified atom stereocenters. The number of benzene rings is 1. The molecule has 0 spiro atoms. The molecule has 0 saturated heterocycles. The molecule has 0 heterocycles. The van der Waals surface area contributed by atoms with E-state index in [1.54, 1.807) is 25.8 Å². The zero-order valence-corrected chi connectivity index (χ0v) is 11.1. The second-order valence-electron chi connectivity index (χ2n) is 4.44. The molecule has 1 heteroatoms. The number of hydrogen-bond donors (Lipinski definition) is 0. The number of rotatable bonds is 2. The van der Waals surface area contributed by atoms with Crippen molar-refractivity contribution in [3.63, 3.8) is 0 Å². The molecule has 0 fully saturated rings. The monoisotopic (exact) mass is 311 g/mol. The summed E-state index contributed by atoms with van der Waals surface area (Å²) in [6.45, 7) is 3.96. The first-order valence-corrected chi connectivity index (χ1v) is 8.13. The Hall–Kier alpha value is -0.310. The number of fused-ring (bicyclic) bond motifs is 2. The summed E-state index contributed by atoms with van der Waals surface area (Å²) in [6, 6.07) is 2.51. The van der Waals surface area contributed by atoms with Gasteiger partial charge < -0.3 is 0 Å². The van der Waals surface area contributed by atoms with Crippen LogP contribution in [0.5, 0.6) is 0 Å². The summed E-state index contributed by atoms with van der Waals surface area (Å²) in [5, 5.41) is 0. The molecule has 1 aromatic rings. The van der Waals surface area contributed by atoms with Gasteiger partial charge in [0, 0.05) is 0 Å². The van der Waals surface area contributed by atoms with Crippen LogP contribution in [0.25, 0.3) is 0 Å². The zero-order valence-electron chi connectivity index (χ0n) is 8.98. The molecule has 15 heavy (non-hydrogen) atoms. The summed E-state index contributed by atoms with van der Waals surface area (Å²) in [5.41, 5.74) is 6.80. The van der Waals surface area contributed by atoms with E-state index in [-0.39, 0.29) is 21.2 Å². The molecule has 0 radical (unpaired) electrons. The normalized spacial score (nSPS) is 17.9. The first-order valence-electron chi connectivity index (χ1n) is 5.81. The molecular formula is C14H16I-. The summed E-state index contributed by atoms with van der Waals surface area (Å²) >= 11 is 0.0841. The summed E-state index contributed by atoms with van der Waals surface area (Å²) in [6.07, 6.45) is 8.10. The Kier molecular flexibility index (Phi) is 2.59. The van der Waals surface area contributed by atoms with Gasteiger partial charge in [-0.2, -0.15) is 0 Å². The van der Waals surface area contributed by atoms with Crippen LogP contribution in [-0.4, -0.2) is 0 Å². The fourth-order valence-corrected chi connectivity index (χ4v) is 5.38. The van der Waals surface area contributed by atoms with Crippen molar-refractivity contribution in [1.29, 1.82) is 0 Å². The SMILES string of the molecule is C=C[I-]c1c2c(cc3c1CCC3)CCC2. The van der Waals surface area contributed by atoms with Gasteiger partial charge in [0.2, 0.25) is 0 Å². The molecule has 0 nitrogen and oxygen atoms in total. The predicted octanol–water partition coefficient (Wildman–Crippen LogP) is 0.0661. The van der Waals surface area contributed by atoms with Crippen LogP contribution in [0.2, 0.25) is 0 Å². The van der Waals surface area contributed by atoms with Crippen molar-refractivity contribution in [2.45, 2.75) is 38.5 Å². The molecule has 0 aliphatic heterocycles. The maximum absolute atomic E-state index is 3.96. The third-order valence-corrected chi connectivity index (χ3v) is 5.95. The van der Waals surface area contributed by atoms with E-state index in [9.17, 15) is 0 Å². The third-order valence-electron chi connectivity index (χ3n) is 3.59. The number of hydrogen-bond acceptors (Lipinski definition) is 0. The molecule has 0 aromatic heterocycles. The zero-order chi connectivity index (χ0) is 10.3. The van der Waals surface area contributed by atoms with Gasteiger partial charge in [-0.1, -0.05) is 0 Å². The second-order valence-corrected chi connectivity index (χ2v) is 7.02. The molecule has 80 valence electrons. The maximum atomic E-state index is 3.96. The number of aryl methyl sites for hydroxylation is 2. The van der Waals surface area contributed by atoms with E-state index in [2.05, 4.69) is 16.7 Å². The average Bonchev–Trinajstić information content (AvgIpc) is 2.84. The van der Waals surface area contributed by atoms with E-state index >= 15 is 0 Å². The van der Waals surface area contributed by atoms with Gasteiger partial charge in [-0.15, -0.1) is 0 Å². The van der Waals surface area contributed by atoms with Crippen LogP contribution in [-0.2, 0) is 25.7 Å². The van der Waals surface area contributed by atoms with Gasteiger partial charge >= 0.3 is 102 Å². The quantitative estimate of drug-likeness (QED) is 0.678. The molecule has 0 amide bonds. The van der Waals surface area contributed by atoms with Crippen LogP contribution < -0.4 is 21.2 Å². The molecular weight excluding hydrogens is 295 g/mol. The Bertz CT molecular complexity index is 386. The number of halogens is 1.